The molecule has 0 bridgehead atoms. The molecule has 3 rings (SSSR count). The summed E-state index contributed by atoms with van der Waals surface area (Å²) in [5, 5.41) is 5.95. The number of nitrogens with zero attached hydrogens (tertiary/aromatic N) is 2. The molecule has 1 aliphatic rings. The molecule has 1 N–H and O–H groups in total. The quantitative estimate of drug-likeness (QED) is 0.924. The molecule has 106 valence electrons. The molecule has 2 heterocycles. The van der Waals surface area contributed by atoms with Crippen molar-refractivity contribution in [2.24, 2.45) is 5.92 Å². The molecule has 0 aliphatic carbocycles. The summed E-state index contributed by atoms with van der Waals surface area (Å²) in [5.74, 6) is 1.94. The molecule has 1 atom stereocenters. The van der Waals surface area contributed by atoms with Gasteiger partial charge in [-0.25, -0.2) is 4.98 Å². The van der Waals surface area contributed by atoms with E-state index in [9.17, 15) is 0 Å². The first-order valence-electron chi connectivity index (χ1n) is 7.62. The van der Waals surface area contributed by atoms with Gasteiger partial charge in [-0.2, -0.15) is 0 Å². The van der Waals surface area contributed by atoms with Crippen molar-refractivity contribution in [1.29, 1.82) is 0 Å². The number of benzene rings is 1. The van der Waals surface area contributed by atoms with Crippen molar-refractivity contribution in [2.45, 2.75) is 26.8 Å². The normalized spacial score (nSPS) is 18.9. The van der Waals surface area contributed by atoms with Gasteiger partial charge in [0.1, 0.15) is 5.82 Å². The fourth-order valence-electron chi connectivity index (χ4n) is 2.95. The lowest BCUT2D eigenvalue weighted by Crippen LogP contribution is -2.22. The number of aromatic nitrogens is 1. The summed E-state index contributed by atoms with van der Waals surface area (Å²) < 4.78 is 0. The van der Waals surface area contributed by atoms with Gasteiger partial charge in [-0.3, -0.25) is 0 Å². The van der Waals surface area contributed by atoms with Crippen LogP contribution in [0.5, 0.6) is 0 Å². The second kappa shape index (κ2) is 5.80. The summed E-state index contributed by atoms with van der Waals surface area (Å²) in [6.45, 7) is 8.53. The van der Waals surface area contributed by atoms with Crippen LogP contribution in [0.15, 0.2) is 30.3 Å². The van der Waals surface area contributed by atoms with E-state index in [0.717, 1.165) is 37.8 Å². The highest BCUT2D eigenvalue weighted by molar-refractivity contribution is 5.92. The van der Waals surface area contributed by atoms with Crippen molar-refractivity contribution in [3.8, 4) is 0 Å². The summed E-state index contributed by atoms with van der Waals surface area (Å²) in [6, 6.07) is 10.8. The lowest BCUT2D eigenvalue weighted by molar-refractivity contribution is 0.658. The van der Waals surface area contributed by atoms with Gasteiger partial charge in [-0.05, 0) is 30.3 Å². The van der Waals surface area contributed by atoms with E-state index in [-0.39, 0.29) is 0 Å². The average molecular weight is 269 g/mol. The number of pyridine rings is 1. The van der Waals surface area contributed by atoms with Gasteiger partial charge in [0.05, 0.1) is 5.69 Å². The molecule has 1 aromatic carbocycles. The molecule has 0 spiro atoms. The molecule has 3 heteroatoms. The van der Waals surface area contributed by atoms with Crippen LogP contribution in [0, 0.1) is 5.92 Å². The van der Waals surface area contributed by atoms with Crippen LogP contribution in [-0.2, 0) is 6.54 Å². The van der Waals surface area contributed by atoms with Crippen molar-refractivity contribution in [2.75, 3.05) is 24.5 Å². The maximum atomic E-state index is 4.92. The smallest absolute Gasteiger partial charge is 0.136 e. The van der Waals surface area contributed by atoms with Crippen molar-refractivity contribution in [1.82, 2.24) is 10.3 Å². The van der Waals surface area contributed by atoms with E-state index >= 15 is 0 Å². The van der Waals surface area contributed by atoms with Crippen molar-refractivity contribution in [3.63, 3.8) is 0 Å². The van der Waals surface area contributed by atoms with E-state index in [1.54, 1.807) is 0 Å². The minimum absolute atomic E-state index is 0.771. The Morgan fingerprint density at radius 2 is 2.20 bits per heavy atom. The maximum absolute atomic E-state index is 4.92. The van der Waals surface area contributed by atoms with Crippen LogP contribution in [0.2, 0.25) is 0 Å². The van der Waals surface area contributed by atoms with Crippen molar-refractivity contribution in [3.05, 3.63) is 36.0 Å². The number of fused-ring (bicyclic) bond motifs is 1. The monoisotopic (exact) mass is 269 g/mol. The van der Waals surface area contributed by atoms with Gasteiger partial charge < -0.3 is 10.2 Å². The van der Waals surface area contributed by atoms with E-state index in [0.29, 0.717) is 0 Å². The fourth-order valence-corrected chi connectivity index (χ4v) is 2.95. The summed E-state index contributed by atoms with van der Waals surface area (Å²) in [5.41, 5.74) is 1.14. The van der Waals surface area contributed by atoms with Crippen LogP contribution in [0.3, 0.4) is 0 Å². The first kappa shape index (κ1) is 13.4. The molecule has 3 nitrogen and oxygen atoms in total. The van der Waals surface area contributed by atoms with Gasteiger partial charge in [-0.15, -0.1) is 0 Å². The molecule has 20 heavy (non-hydrogen) atoms. The third-order valence-corrected chi connectivity index (χ3v) is 4.05. The first-order chi connectivity index (χ1) is 9.78. The average Bonchev–Trinajstić information content (AvgIpc) is 2.90. The third kappa shape index (κ3) is 2.63. The van der Waals surface area contributed by atoms with E-state index in [4.69, 9.17) is 4.98 Å². The Kier molecular flexibility index (Phi) is 3.88. The van der Waals surface area contributed by atoms with Crippen LogP contribution in [0.25, 0.3) is 10.8 Å². The zero-order chi connectivity index (χ0) is 13.9. The number of nitrogens with one attached hydrogen (secondary N) is 1. The van der Waals surface area contributed by atoms with Gasteiger partial charge in [0.15, 0.2) is 0 Å². The van der Waals surface area contributed by atoms with Crippen LogP contribution in [-0.4, -0.2) is 24.6 Å². The Morgan fingerprint density at radius 1 is 1.35 bits per heavy atom. The lowest BCUT2D eigenvalue weighted by Gasteiger charge is -2.20. The highest BCUT2D eigenvalue weighted by Crippen LogP contribution is 2.29. The van der Waals surface area contributed by atoms with Crippen molar-refractivity contribution < 1.29 is 0 Å². The van der Waals surface area contributed by atoms with Crippen LogP contribution in [0.1, 0.15) is 26.0 Å². The molecular formula is C17H23N3. The Morgan fingerprint density at radius 3 is 2.95 bits per heavy atom. The number of hydrogen-bond acceptors (Lipinski definition) is 3. The number of rotatable bonds is 4. The van der Waals surface area contributed by atoms with Gasteiger partial charge in [0.25, 0.3) is 0 Å². The molecule has 0 amide bonds. The first-order valence-corrected chi connectivity index (χ1v) is 7.62. The van der Waals surface area contributed by atoms with Gasteiger partial charge >= 0.3 is 0 Å². The van der Waals surface area contributed by atoms with Crippen LogP contribution >= 0.6 is 0 Å². The Balaban J connectivity index is 2.03. The number of hydrogen-bond donors (Lipinski definition) is 1. The van der Waals surface area contributed by atoms with Gasteiger partial charge in [-0.1, -0.05) is 38.1 Å². The van der Waals surface area contributed by atoms with E-state index in [1.807, 2.05) is 0 Å². The maximum Gasteiger partial charge on any atom is 0.136 e. The highest BCUT2D eigenvalue weighted by atomic mass is 15.2. The topological polar surface area (TPSA) is 28.2 Å². The minimum Gasteiger partial charge on any atom is -0.356 e. The summed E-state index contributed by atoms with van der Waals surface area (Å²) >= 11 is 0. The summed E-state index contributed by atoms with van der Waals surface area (Å²) in [7, 11) is 0. The van der Waals surface area contributed by atoms with Gasteiger partial charge in [0, 0.05) is 25.0 Å². The van der Waals surface area contributed by atoms with E-state index in [2.05, 4.69) is 54.4 Å². The Labute approximate surface area is 121 Å². The SMILES string of the molecule is CCNCc1cc2ccccc2c(N2CCC(C)C2)n1. The van der Waals surface area contributed by atoms with E-state index < -0.39 is 0 Å². The fraction of sp³-hybridized carbons (Fsp3) is 0.471. The van der Waals surface area contributed by atoms with Crippen molar-refractivity contribution >= 4 is 16.6 Å². The van der Waals surface area contributed by atoms with Crippen LogP contribution < -0.4 is 10.2 Å². The standard InChI is InChI=1S/C17H23N3/c1-3-18-11-15-10-14-6-4-5-7-16(14)17(19-15)20-9-8-13(2)12-20/h4-7,10,13,18H,3,8-9,11-12H2,1-2H3. The third-order valence-electron chi connectivity index (χ3n) is 4.05. The number of anilines is 1. The molecule has 0 radical (unpaired) electrons. The van der Waals surface area contributed by atoms with E-state index in [1.165, 1.54) is 23.0 Å². The van der Waals surface area contributed by atoms with Crippen LogP contribution in [0.4, 0.5) is 5.82 Å². The highest BCUT2D eigenvalue weighted by Gasteiger charge is 2.21. The molecule has 1 fully saturated rings. The predicted octanol–water partition coefficient (Wildman–Crippen LogP) is 3.19. The Hall–Kier alpha value is -1.61. The zero-order valence-electron chi connectivity index (χ0n) is 12.4. The summed E-state index contributed by atoms with van der Waals surface area (Å²) in [6.07, 6.45) is 1.27. The molecular weight excluding hydrogens is 246 g/mol. The Bertz CT molecular complexity index is 594. The second-order valence-corrected chi connectivity index (χ2v) is 5.78. The summed E-state index contributed by atoms with van der Waals surface area (Å²) in [4.78, 5) is 7.37. The largest absolute Gasteiger partial charge is 0.356 e. The second-order valence-electron chi connectivity index (χ2n) is 5.78. The molecule has 1 aromatic heterocycles. The van der Waals surface area contributed by atoms with Gasteiger partial charge in [0.2, 0.25) is 0 Å². The molecule has 2 aromatic rings. The molecule has 1 aliphatic heterocycles. The minimum atomic E-state index is 0.771. The zero-order valence-corrected chi connectivity index (χ0v) is 12.4. The molecule has 1 saturated heterocycles. The molecule has 1 unspecified atom stereocenters. The predicted molar refractivity (Wildman–Crippen MR) is 85.1 cm³/mol. The lowest BCUT2D eigenvalue weighted by atomic mass is 10.1. The molecule has 0 saturated carbocycles.